The SMILES string of the molecule is Nc1ccc(/C=C/C(=O)Cc2cc(Br)cs2)cc1. The molecule has 0 bridgehead atoms. The normalized spacial score (nSPS) is 10.9. The van der Waals surface area contributed by atoms with Crippen LogP contribution in [0.5, 0.6) is 0 Å². The summed E-state index contributed by atoms with van der Waals surface area (Å²) in [6.07, 6.45) is 3.87. The van der Waals surface area contributed by atoms with E-state index < -0.39 is 0 Å². The molecule has 1 aromatic carbocycles. The standard InChI is InChI=1S/C14H12BrNOS/c15-11-7-14(18-9-11)8-13(17)6-3-10-1-4-12(16)5-2-10/h1-7,9H,8,16H2/b6-3+. The third-order valence-electron chi connectivity index (χ3n) is 2.37. The summed E-state index contributed by atoms with van der Waals surface area (Å²) in [4.78, 5) is 12.8. The minimum atomic E-state index is 0.0983. The van der Waals surface area contributed by atoms with E-state index in [-0.39, 0.29) is 5.78 Å². The lowest BCUT2D eigenvalue weighted by molar-refractivity contribution is -0.113. The van der Waals surface area contributed by atoms with E-state index in [0.29, 0.717) is 6.42 Å². The number of anilines is 1. The molecule has 0 radical (unpaired) electrons. The lowest BCUT2D eigenvalue weighted by Gasteiger charge is -1.95. The lowest BCUT2D eigenvalue weighted by atomic mass is 10.1. The van der Waals surface area contributed by atoms with Gasteiger partial charge < -0.3 is 5.73 Å². The van der Waals surface area contributed by atoms with Gasteiger partial charge in [0.05, 0.1) is 0 Å². The van der Waals surface area contributed by atoms with E-state index in [0.717, 1.165) is 20.6 Å². The van der Waals surface area contributed by atoms with E-state index in [1.54, 1.807) is 17.4 Å². The molecule has 0 spiro atoms. The Hall–Kier alpha value is -1.39. The van der Waals surface area contributed by atoms with Gasteiger partial charge in [-0.1, -0.05) is 18.2 Å². The third-order valence-corrected chi connectivity index (χ3v) is 4.07. The molecule has 92 valence electrons. The summed E-state index contributed by atoms with van der Waals surface area (Å²) in [5.41, 5.74) is 7.29. The highest BCUT2D eigenvalue weighted by atomic mass is 79.9. The fraction of sp³-hybridized carbons (Fsp3) is 0.0714. The summed E-state index contributed by atoms with van der Waals surface area (Å²) in [6.45, 7) is 0. The van der Waals surface area contributed by atoms with E-state index >= 15 is 0 Å². The quantitative estimate of drug-likeness (QED) is 0.685. The van der Waals surface area contributed by atoms with Crippen molar-refractivity contribution in [1.82, 2.24) is 0 Å². The van der Waals surface area contributed by atoms with Crippen molar-refractivity contribution in [3.8, 4) is 0 Å². The molecule has 0 fully saturated rings. The van der Waals surface area contributed by atoms with Gasteiger partial charge in [-0.3, -0.25) is 4.79 Å². The number of carbonyl (C=O) groups is 1. The van der Waals surface area contributed by atoms with Crippen LogP contribution in [0.1, 0.15) is 10.4 Å². The number of nitrogens with two attached hydrogens (primary N) is 1. The topological polar surface area (TPSA) is 43.1 Å². The molecule has 0 atom stereocenters. The minimum Gasteiger partial charge on any atom is -0.399 e. The molecule has 0 aliphatic heterocycles. The van der Waals surface area contributed by atoms with E-state index in [4.69, 9.17) is 5.73 Å². The zero-order chi connectivity index (χ0) is 13.0. The highest BCUT2D eigenvalue weighted by Gasteiger charge is 2.02. The number of carbonyl (C=O) groups excluding carboxylic acids is 1. The summed E-state index contributed by atoms with van der Waals surface area (Å²) >= 11 is 4.96. The first-order chi connectivity index (χ1) is 8.63. The minimum absolute atomic E-state index is 0.0983. The number of allylic oxidation sites excluding steroid dienone is 1. The summed E-state index contributed by atoms with van der Waals surface area (Å²) in [5, 5.41) is 1.98. The predicted molar refractivity (Wildman–Crippen MR) is 80.6 cm³/mol. The largest absolute Gasteiger partial charge is 0.399 e. The Bertz CT molecular complexity index is 572. The van der Waals surface area contributed by atoms with Crippen molar-refractivity contribution in [2.75, 3.05) is 5.73 Å². The molecule has 0 saturated carbocycles. The zero-order valence-corrected chi connectivity index (χ0v) is 12.0. The van der Waals surface area contributed by atoms with Gasteiger partial charge in [-0.25, -0.2) is 0 Å². The van der Waals surface area contributed by atoms with Gasteiger partial charge in [0.1, 0.15) is 0 Å². The summed E-state index contributed by atoms with van der Waals surface area (Å²) in [6, 6.07) is 9.39. The van der Waals surface area contributed by atoms with Crippen LogP contribution >= 0.6 is 27.3 Å². The first-order valence-corrected chi connectivity index (χ1v) is 7.10. The maximum Gasteiger partial charge on any atom is 0.160 e. The van der Waals surface area contributed by atoms with Crippen molar-refractivity contribution in [1.29, 1.82) is 0 Å². The van der Waals surface area contributed by atoms with Crippen LogP contribution in [0.4, 0.5) is 5.69 Å². The first kappa shape index (κ1) is 13.1. The van der Waals surface area contributed by atoms with Crippen LogP contribution in [0.2, 0.25) is 0 Å². The number of nitrogen functional groups attached to an aromatic ring is 1. The van der Waals surface area contributed by atoms with Crippen molar-refractivity contribution in [3.63, 3.8) is 0 Å². The maximum absolute atomic E-state index is 11.7. The highest BCUT2D eigenvalue weighted by molar-refractivity contribution is 9.10. The average Bonchev–Trinajstić information content (AvgIpc) is 2.74. The van der Waals surface area contributed by atoms with Crippen LogP contribution in [0.15, 0.2) is 46.3 Å². The number of hydrogen-bond acceptors (Lipinski definition) is 3. The molecule has 0 unspecified atom stereocenters. The number of thiophene rings is 1. The monoisotopic (exact) mass is 321 g/mol. The molecule has 0 aliphatic carbocycles. The van der Waals surface area contributed by atoms with E-state index in [1.807, 2.05) is 41.8 Å². The molecule has 0 amide bonds. The van der Waals surface area contributed by atoms with Crippen molar-refractivity contribution in [3.05, 3.63) is 56.7 Å². The summed E-state index contributed by atoms with van der Waals surface area (Å²) in [7, 11) is 0. The van der Waals surface area contributed by atoms with Crippen LogP contribution < -0.4 is 5.73 Å². The molecule has 1 heterocycles. The van der Waals surface area contributed by atoms with Crippen molar-refractivity contribution >= 4 is 44.8 Å². The van der Waals surface area contributed by atoms with Crippen molar-refractivity contribution < 1.29 is 4.79 Å². The van der Waals surface area contributed by atoms with Gasteiger partial charge in [-0.05, 0) is 45.8 Å². The molecular formula is C14H12BrNOS. The Morgan fingerprint density at radius 3 is 2.67 bits per heavy atom. The molecule has 2 rings (SSSR count). The van der Waals surface area contributed by atoms with Crippen LogP contribution in [0.3, 0.4) is 0 Å². The molecule has 4 heteroatoms. The molecule has 2 nitrogen and oxygen atoms in total. The Morgan fingerprint density at radius 2 is 2.06 bits per heavy atom. The number of hydrogen-bond donors (Lipinski definition) is 1. The lowest BCUT2D eigenvalue weighted by Crippen LogP contribution is -1.95. The van der Waals surface area contributed by atoms with Gasteiger partial charge in [-0.2, -0.15) is 0 Å². The molecule has 18 heavy (non-hydrogen) atoms. The molecule has 2 aromatic rings. The highest BCUT2D eigenvalue weighted by Crippen LogP contribution is 2.20. The van der Waals surface area contributed by atoms with E-state index in [2.05, 4.69) is 15.9 Å². The van der Waals surface area contributed by atoms with Crippen LogP contribution in [-0.2, 0) is 11.2 Å². The Labute approximate surface area is 118 Å². The number of ketones is 1. The van der Waals surface area contributed by atoms with Gasteiger partial charge in [0.2, 0.25) is 0 Å². The third kappa shape index (κ3) is 3.82. The van der Waals surface area contributed by atoms with Gasteiger partial charge in [0, 0.05) is 26.8 Å². The summed E-state index contributed by atoms with van der Waals surface area (Å²) in [5.74, 6) is 0.0983. The Kier molecular flexibility index (Phi) is 4.33. The van der Waals surface area contributed by atoms with Crippen LogP contribution in [0, 0.1) is 0 Å². The zero-order valence-electron chi connectivity index (χ0n) is 9.60. The second-order valence-electron chi connectivity index (χ2n) is 3.87. The number of benzene rings is 1. The molecule has 1 aromatic heterocycles. The fourth-order valence-electron chi connectivity index (χ4n) is 1.47. The van der Waals surface area contributed by atoms with E-state index in [1.165, 1.54) is 0 Å². The average molecular weight is 322 g/mol. The Balaban J connectivity index is 1.96. The maximum atomic E-state index is 11.7. The number of rotatable bonds is 4. The smallest absolute Gasteiger partial charge is 0.160 e. The molecule has 2 N–H and O–H groups in total. The Morgan fingerprint density at radius 1 is 1.33 bits per heavy atom. The van der Waals surface area contributed by atoms with Gasteiger partial charge in [-0.15, -0.1) is 11.3 Å². The molecule has 0 aliphatic rings. The number of halogens is 1. The van der Waals surface area contributed by atoms with Crippen LogP contribution in [0.25, 0.3) is 6.08 Å². The summed E-state index contributed by atoms with van der Waals surface area (Å²) < 4.78 is 1.03. The van der Waals surface area contributed by atoms with Gasteiger partial charge in [0.25, 0.3) is 0 Å². The van der Waals surface area contributed by atoms with Crippen molar-refractivity contribution in [2.24, 2.45) is 0 Å². The van der Waals surface area contributed by atoms with Crippen LogP contribution in [-0.4, -0.2) is 5.78 Å². The second kappa shape index (κ2) is 5.98. The second-order valence-corrected chi connectivity index (χ2v) is 5.79. The van der Waals surface area contributed by atoms with Crippen molar-refractivity contribution in [2.45, 2.75) is 6.42 Å². The molecule has 0 saturated heterocycles. The van der Waals surface area contributed by atoms with Gasteiger partial charge >= 0.3 is 0 Å². The van der Waals surface area contributed by atoms with E-state index in [9.17, 15) is 4.79 Å². The predicted octanol–water partition coefficient (Wildman–Crippen LogP) is 3.92. The van der Waals surface area contributed by atoms with Gasteiger partial charge in [0.15, 0.2) is 5.78 Å². The first-order valence-electron chi connectivity index (χ1n) is 5.43. The molecular weight excluding hydrogens is 310 g/mol. The fourth-order valence-corrected chi connectivity index (χ4v) is 2.93.